The van der Waals surface area contributed by atoms with Gasteiger partial charge in [-0.05, 0) is 25.0 Å². The number of halogens is 1. The Morgan fingerprint density at radius 1 is 1.26 bits per heavy atom. The molecular weight excluding hydrogens is 416 g/mol. The molecule has 1 aliphatic rings. The number of ether oxygens (including phenoxy) is 1. The van der Waals surface area contributed by atoms with E-state index in [0.717, 1.165) is 18.2 Å². The quantitative estimate of drug-likeness (QED) is 0.512. The molecule has 0 bridgehead atoms. The van der Waals surface area contributed by atoms with Gasteiger partial charge in [-0.2, -0.15) is 10.1 Å². The van der Waals surface area contributed by atoms with E-state index in [0.29, 0.717) is 46.7 Å². The van der Waals surface area contributed by atoms with Crippen LogP contribution in [0.15, 0.2) is 53.6 Å². The predicted octanol–water partition coefficient (Wildman–Crippen LogP) is 3.77. The second-order valence-corrected chi connectivity index (χ2v) is 7.97. The van der Waals surface area contributed by atoms with E-state index in [-0.39, 0.29) is 11.7 Å². The standard InChI is InChI=1S/C22H21ClN6O2/c1-28-9-8-19(27-28)25-22-24-12-14-11-17(16-6-2-3-7-18(16)23)21(30)29(20(14)26-22)13-15-5-4-10-31-15/h2-3,6-9,11-12,15H,4-5,10,13H2,1H3,(H,24,25,26,27)/t15-/m1/s1. The Morgan fingerprint density at radius 2 is 2.13 bits per heavy atom. The van der Waals surface area contributed by atoms with Crippen molar-refractivity contribution in [1.29, 1.82) is 0 Å². The average molecular weight is 437 g/mol. The van der Waals surface area contributed by atoms with Crippen molar-refractivity contribution in [3.63, 3.8) is 0 Å². The van der Waals surface area contributed by atoms with Crippen molar-refractivity contribution >= 4 is 34.4 Å². The second kappa shape index (κ2) is 8.13. The minimum Gasteiger partial charge on any atom is -0.376 e. The highest BCUT2D eigenvalue weighted by Crippen LogP contribution is 2.28. The zero-order valence-corrected chi connectivity index (χ0v) is 17.7. The fourth-order valence-electron chi connectivity index (χ4n) is 3.85. The number of fused-ring (bicyclic) bond motifs is 1. The molecule has 0 aliphatic carbocycles. The highest BCUT2D eigenvalue weighted by atomic mass is 35.5. The van der Waals surface area contributed by atoms with Gasteiger partial charge >= 0.3 is 0 Å². The van der Waals surface area contributed by atoms with Crippen LogP contribution in [0.1, 0.15) is 12.8 Å². The summed E-state index contributed by atoms with van der Waals surface area (Å²) >= 11 is 6.40. The van der Waals surface area contributed by atoms with E-state index >= 15 is 0 Å². The van der Waals surface area contributed by atoms with E-state index in [9.17, 15) is 4.79 Å². The molecule has 8 nitrogen and oxygen atoms in total. The number of rotatable bonds is 5. The van der Waals surface area contributed by atoms with Gasteiger partial charge in [-0.15, -0.1) is 0 Å². The first kappa shape index (κ1) is 19.7. The summed E-state index contributed by atoms with van der Waals surface area (Å²) in [5.41, 5.74) is 1.60. The summed E-state index contributed by atoms with van der Waals surface area (Å²) in [6, 6.07) is 11.0. The maximum Gasteiger partial charge on any atom is 0.260 e. The molecule has 1 saturated heterocycles. The SMILES string of the molecule is Cn1ccc(Nc2ncc3cc(-c4ccccc4Cl)c(=O)n(C[C@H]4CCCO4)c3n2)n1. The van der Waals surface area contributed by atoms with Crippen molar-refractivity contribution in [2.45, 2.75) is 25.5 Å². The van der Waals surface area contributed by atoms with Gasteiger partial charge in [0.05, 0.1) is 12.6 Å². The number of pyridine rings is 1. The first-order valence-corrected chi connectivity index (χ1v) is 10.5. The van der Waals surface area contributed by atoms with Crippen molar-refractivity contribution < 1.29 is 4.74 Å². The van der Waals surface area contributed by atoms with Crippen molar-refractivity contribution in [3.8, 4) is 11.1 Å². The van der Waals surface area contributed by atoms with E-state index < -0.39 is 0 Å². The van der Waals surface area contributed by atoms with E-state index in [1.807, 2.05) is 37.5 Å². The summed E-state index contributed by atoms with van der Waals surface area (Å²) in [7, 11) is 1.84. The van der Waals surface area contributed by atoms with Crippen molar-refractivity contribution in [2.75, 3.05) is 11.9 Å². The molecule has 0 unspecified atom stereocenters. The topological polar surface area (TPSA) is 86.9 Å². The summed E-state index contributed by atoms with van der Waals surface area (Å²) in [6.45, 7) is 1.14. The molecule has 0 saturated carbocycles. The van der Waals surface area contributed by atoms with Gasteiger partial charge in [0.1, 0.15) is 5.65 Å². The third kappa shape index (κ3) is 3.92. The number of nitrogens with one attached hydrogen (secondary N) is 1. The van der Waals surface area contributed by atoms with E-state index in [1.54, 1.807) is 27.6 Å². The van der Waals surface area contributed by atoms with Crippen LogP contribution in [-0.4, -0.2) is 37.0 Å². The summed E-state index contributed by atoms with van der Waals surface area (Å²) < 4.78 is 9.16. The molecule has 0 radical (unpaired) electrons. The third-order valence-electron chi connectivity index (χ3n) is 5.35. The molecule has 4 heterocycles. The van der Waals surface area contributed by atoms with Crippen LogP contribution >= 0.6 is 11.6 Å². The normalized spacial score (nSPS) is 16.1. The molecule has 0 amide bonds. The van der Waals surface area contributed by atoms with Crippen LogP contribution in [0.25, 0.3) is 22.2 Å². The van der Waals surface area contributed by atoms with Gasteiger partial charge in [0.15, 0.2) is 5.82 Å². The Morgan fingerprint density at radius 3 is 2.87 bits per heavy atom. The van der Waals surface area contributed by atoms with Gasteiger partial charge < -0.3 is 10.1 Å². The van der Waals surface area contributed by atoms with Gasteiger partial charge in [0.25, 0.3) is 5.56 Å². The van der Waals surface area contributed by atoms with Crippen molar-refractivity contribution in [2.24, 2.45) is 7.05 Å². The molecule has 0 spiro atoms. The van der Waals surface area contributed by atoms with Crippen LogP contribution in [0.4, 0.5) is 11.8 Å². The zero-order chi connectivity index (χ0) is 21.4. The molecule has 3 aromatic heterocycles. The predicted molar refractivity (Wildman–Crippen MR) is 120 cm³/mol. The number of aromatic nitrogens is 5. The van der Waals surface area contributed by atoms with E-state index in [2.05, 4.69) is 20.4 Å². The molecule has 1 aromatic carbocycles. The summed E-state index contributed by atoms with van der Waals surface area (Å²) in [6.07, 6.45) is 5.41. The Kier molecular flexibility index (Phi) is 5.17. The van der Waals surface area contributed by atoms with Gasteiger partial charge in [-0.1, -0.05) is 29.8 Å². The van der Waals surface area contributed by atoms with E-state index in [4.69, 9.17) is 16.3 Å². The molecule has 158 valence electrons. The van der Waals surface area contributed by atoms with Gasteiger partial charge in [-0.25, -0.2) is 4.98 Å². The van der Waals surface area contributed by atoms with Gasteiger partial charge in [0, 0.05) is 53.7 Å². The summed E-state index contributed by atoms with van der Waals surface area (Å²) in [5.74, 6) is 1.000. The van der Waals surface area contributed by atoms with Crippen LogP contribution in [0.3, 0.4) is 0 Å². The highest BCUT2D eigenvalue weighted by Gasteiger charge is 2.21. The largest absolute Gasteiger partial charge is 0.376 e. The lowest BCUT2D eigenvalue weighted by Crippen LogP contribution is -2.28. The fraction of sp³-hybridized carbons (Fsp3) is 0.273. The summed E-state index contributed by atoms with van der Waals surface area (Å²) in [5, 5.41) is 8.66. The molecule has 9 heteroatoms. The molecule has 1 fully saturated rings. The highest BCUT2D eigenvalue weighted by molar-refractivity contribution is 6.33. The minimum atomic E-state index is -0.154. The molecule has 1 N–H and O–H groups in total. The van der Waals surface area contributed by atoms with Crippen LogP contribution in [0.5, 0.6) is 0 Å². The van der Waals surface area contributed by atoms with Crippen LogP contribution in [-0.2, 0) is 18.3 Å². The Hall–Kier alpha value is -3.23. The first-order valence-electron chi connectivity index (χ1n) is 10.1. The van der Waals surface area contributed by atoms with Crippen LogP contribution < -0.4 is 10.9 Å². The van der Waals surface area contributed by atoms with Crippen molar-refractivity contribution in [3.05, 3.63) is 64.2 Å². The lowest BCUT2D eigenvalue weighted by atomic mass is 10.1. The molecule has 1 aliphatic heterocycles. The van der Waals surface area contributed by atoms with Gasteiger partial charge in [-0.3, -0.25) is 14.0 Å². The molecule has 5 rings (SSSR count). The minimum absolute atomic E-state index is 0.0236. The van der Waals surface area contributed by atoms with Crippen molar-refractivity contribution in [1.82, 2.24) is 24.3 Å². The lowest BCUT2D eigenvalue weighted by molar-refractivity contribution is 0.0971. The van der Waals surface area contributed by atoms with E-state index in [1.165, 1.54) is 0 Å². The Balaban J connectivity index is 1.65. The maximum atomic E-state index is 13.5. The maximum absolute atomic E-state index is 13.5. The first-order chi connectivity index (χ1) is 15.1. The zero-order valence-electron chi connectivity index (χ0n) is 17.0. The van der Waals surface area contributed by atoms with Crippen LogP contribution in [0, 0.1) is 0 Å². The number of nitrogens with zero attached hydrogens (tertiary/aromatic N) is 5. The summed E-state index contributed by atoms with van der Waals surface area (Å²) in [4.78, 5) is 22.6. The number of aryl methyl sites for hydroxylation is 1. The van der Waals surface area contributed by atoms with Crippen LogP contribution in [0.2, 0.25) is 5.02 Å². The number of benzene rings is 1. The molecule has 4 aromatic rings. The molecular formula is C22H21ClN6O2. The Bertz CT molecular complexity index is 1310. The number of hydrogen-bond donors (Lipinski definition) is 1. The molecule has 1 atom stereocenters. The third-order valence-corrected chi connectivity index (χ3v) is 5.68. The average Bonchev–Trinajstić information content (AvgIpc) is 3.42. The molecule has 31 heavy (non-hydrogen) atoms. The van der Waals surface area contributed by atoms with Gasteiger partial charge in [0.2, 0.25) is 5.95 Å². The monoisotopic (exact) mass is 436 g/mol. The second-order valence-electron chi connectivity index (χ2n) is 7.56. The number of anilines is 2. The smallest absolute Gasteiger partial charge is 0.260 e. The Labute approximate surface area is 183 Å². The number of hydrogen-bond acceptors (Lipinski definition) is 6. The fourth-order valence-corrected chi connectivity index (χ4v) is 4.09. The lowest BCUT2D eigenvalue weighted by Gasteiger charge is -2.16.